The van der Waals surface area contributed by atoms with E-state index in [4.69, 9.17) is 0 Å². The largest absolute Gasteiger partial charge is 0.313 e. The first-order valence-corrected chi connectivity index (χ1v) is 7.97. The highest BCUT2D eigenvalue weighted by Gasteiger charge is 2.37. The molecule has 3 fully saturated rings. The monoisotopic (exact) mass is 251 g/mol. The lowest BCUT2D eigenvalue weighted by atomic mass is 10.1. The van der Waals surface area contributed by atoms with Gasteiger partial charge in [-0.15, -0.1) is 0 Å². The summed E-state index contributed by atoms with van der Waals surface area (Å²) in [7, 11) is 0. The molecule has 2 heterocycles. The van der Waals surface area contributed by atoms with Gasteiger partial charge in [0.2, 0.25) is 0 Å². The fourth-order valence-electron chi connectivity index (χ4n) is 3.76. The predicted octanol–water partition coefficient (Wildman–Crippen LogP) is 1.69. The van der Waals surface area contributed by atoms with Crippen LogP contribution in [0.4, 0.5) is 0 Å². The van der Waals surface area contributed by atoms with Crippen molar-refractivity contribution in [3.63, 3.8) is 0 Å². The van der Waals surface area contributed by atoms with E-state index in [1.807, 2.05) is 0 Å². The molecular formula is C15H29N3. The van der Waals surface area contributed by atoms with E-state index in [2.05, 4.69) is 29.0 Å². The van der Waals surface area contributed by atoms with Crippen LogP contribution in [0.25, 0.3) is 0 Å². The van der Waals surface area contributed by atoms with Crippen molar-refractivity contribution in [3.05, 3.63) is 0 Å². The SMILES string of the molecule is CC(C)N(CC1CCCN1)C1CCN(C2CC2)C1. The van der Waals surface area contributed by atoms with Crippen LogP contribution < -0.4 is 5.32 Å². The third-order valence-electron chi connectivity index (χ3n) is 4.98. The van der Waals surface area contributed by atoms with Crippen LogP contribution in [0.2, 0.25) is 0 Å². The second kappa shape index (κ2) is 5.48. The molecule has 2 unspecified atom stereocenters. The van der Waals surface area contributed by atoms with Gasteiger partial charge >= 0.3 is 0 Å². The molecular weight excluding hydrogens is 222 g/mol. The number of nitrogens with one attached hydrogen (secondary N) is 1. The molecule has 1 aliphatic carbocycles. The zero-order chi connectivity index (χ0) is 12.5. The van der Waals surface area contributed by atoms with Gasteiger partial charge in [0.05, 0.1) is 0 Å². The van der Waals surface area contributed by atoms with Crippen molar-refractivity contribution in [2.75, 3.05) is 26.2 Å². The number of rotatable bonds is 5. The smallest absolute Gasteiger partial charge is 0.0238 e. The third kappa shape index (κ3) is 2.89. The maximum absolute atomic E-state index is 3.66. The highest BCUT2D eigenvalue weighted by atomic mass is 15.3. The van der Waals surface area contributed by atoms with Crippen molar-refractivity contribution in [3.8, 4) is 0 Å². The van der Waals surface area contributed by atoms with Crippen molar-refractivity contribution in [2.45, 2.75) is 70.1 Å². The first-order chi connectivity index (χ1) is 8.74. The molecule has 3 rings (SSSR count). The van der Waals surface area contributed by atoms with E-state index < -0.39 is 0 Å². The summed E-state index contributed by atoms with van der Waals surface area (Å²) in [5, 5.41) is 3.66. The summed E-state index contributed by atoms with van der Waals surface area (Å²) in [5.74, 6) is 0. The van der Waals surface area contributed by atoms with Gasteiger partial charge in [-0.3, -0.25) is 9.80 Å². The Bertz CT molecular complexity index is 269. The van der Waals surface area contributed by atoms with E-state index in [-0.39, 0.29) is 0 Å². The van der Waals surface area contributed by atoms with E-state index in [0.29, 0.717) is 6.04 Å². The van der Waals surface area contributed by atoms with Crippen molar-refractivity contribution in [1.82, 2.24) is 15.1 Å². The molecule has 3 nitrogen and oxygen atoms in total. The van der Waals surface area contributed by atoms with E-state index >= 15 is 0 Å². The average molecular weight is 251 g/mol. The predicted molar refractivity (Wildman–Crippen MR) is 75.9 cm³/mol. The summed E-state index contributed by atoms with van der Waals surface area (Å²) < 4.78 is 0. The fraction of sp³-hybridized carbons (Fsp3) is 1.00. The Balaban J connectivity index is 1.55. The molecule has 1 N–H and O–H groups in total. The number of hydrogen-bond acceptors (Lipinski definition) is 3. The average Bonchev–Trinajstić information content (AvgIpc) is 2.89. The van der Waals surface area contributed by atoms with Gasteiger partial charge in [-0.2, -0.15) is 0 Å². The molecule has 0 aromatic rings. The van der Waals surface area contributed by atoms with Gasteiger partial charge in [-0.05, 0) is 52.5 Å². The molecule has 0 radical (unpaired) electrons. The van der Waals surface area contributed by atoms with Crippen LogP contribution in [0.15, 0.2) is 0 Å². The van der Waals surface area contributed by atoms with Crippen LogP contribution in [0, 0.1) is 0 Å². The van der Waals surface area contributed by atoms with Crippen molar-refractivity contribution < 1.29 is 0 Å². The van der Waals surface area contributed by atoms with Crippen molar-refractivity contribution >= 4 is 0 Å². The topological polar surface area (TPSA) is 18.5 Å². The number of nitrogens with zero attached hydrogens (tertiary/aromatic N) is 2. The third-order valence-corrected chi connectivity index (χ3v) is 4.98. The lowest BCUT2D eigenvalue weighted by Crippen LogP contribution is -2.48. The number of hydrogen-bond donors (Lipinski definition) is 1. The van der Waals surface area contributed by atoms with Gasteiger partial charge in [0.1, 0.15) is 0 Å². The zero-order valence-corrected chi connectivity index (χ0v) is 12.1. The van der Waals surface area contributed by atoms with Crippen LogP contribution in [-0.2, 0) is 0 Å². The minimum atomic E-state index is 0.691. The van der Waals surface area contributed by atoms with Crippen LogP contribution in [-0.4, -0.2) is 60.1 Å². The highest BCUT2D eigenvalue weighted by molar-refractivity contribution is 4.94. The quantitative estimate of drug-likeness (QED) is 0.802. The maximum Gasteiger partial charge on any atom is 0.0238 e. The van der Waals surface area contributed by atoms with E-state index in [9.17, 15) is 0 Å². The van der Waals surface area contributed by atoms with Gasteiger partial charge in [0.25, 0.3) is 0 Å². The molecule has 2 saturated heterocycles. The highest BCUT2D eigenvalue weighted by Crippen LogP contribution is 2.31. The molecule has 3 heteroatoms. The van der Waals surface area contributed by atoms with E-state index in [1.54, 1.807) is 0 Å². The summed E-state index contributed by atoms with van der Waals surface area (Å²) in [6, 6.07) is 3.21. The lowest BCUT2D eigenvalue weighted by molar-refractivity contribution is 0.138. The molecule has 3 aliphatic rings. The molecule has 2 aliphatic heterocycles. The summed E-state index contributed by atoms with van der Waals surface area (Å²) in [4.78, 5) is 5.51. The van der Waals surface area contributed by atoms with Crippen LogP contribution >= 0.6 is 0 Å². The van der Waals surface area contributed by atoms with Crippen molar-refractivity contribution in [1.29, 1.82) is 0 Å². The van der Waals surface area contributed by atoms with Gasteiger partial charge in [-0.25, -0.2) is 0 Å². The van der Waals surface area contributed by atoms with Gasteiger partial charge < -0.3 is 5.32 Å². The Morgan fingerprint density at radius 3 is 2.67 bits per heavy atom. The Morgan fingerprint density at radius 2 is 2.06 bits per heavy atom. The Morgan fingerprint density at radius 1 is 1.22 bits per heavy atom. The van der Waals surface area contributed by atoms with Crippen molar-refractivity contribution in [2.24, 2.45) is 0 Å². The number of likely N-dealkylation sites (tertiary alicyclic amines) is 1. The standard InChI is InChI=1S/C15H29N3/c1-12(2)18(10-13-4-3-8-16-13)15-7-9-17(11-15)14-5-6-14/h12-16H,3-11H2,1-2H3. The first-order valence-electron chi connectivity index (χ1n) is 7.97. The zero-order valence-electron chi connectivity index (χ0n) is 12.1. The van der Waals surface area contributed by atoms with E-state index in [0.717, 1.165) is 18.1 Å². The summed E-state index contributed by atoms with van der Waals surface area (Å²) in [6.07, 6.45) is 7.05. The van der Waals surface area contributed by atoms with E-state index in [1.165, 1.54) is 58.3 Å². The van der Waals surface area contributed by atoms with Gasteiger partial charge in [0, 0.05) is 43.8 Å². The second-order valence-corrected chi connectivity index (χ2v) is 6.75. The second-order valence-electron chi connectivity index (χ2n) is 6.75. The van der Waals surface area contributed by atoms with Gasteiger partial charge in [0.15, 0.2) is 0 Å². The fourth-order valence-corrected chi connectivity index (χ4v) is 3.76. The molecule has 2 atom stereocenters. The van der Waals surface area contributed by atoms with Gasteiger partial charge in [-0.1, -0.05) is 0 Å². The molecule has 0 spiro atoms. The van der Waals surface area contributed by atoms with Crippen LogP contribution in [0.3, 0.4) is 0 Å². The molecule has 0 aromatic carbocycles. The first kappa shape index (κ1) is 12.9. The van der Waals surface area contributed by atoms with Crippen LogP contribution in [0.5, 0.6) is 0 Å². The normalized spacial score (nSPS) is 34.0. The summed E-state index contributed by atoms with van der Waals surface area (Å²) in [5.41, 5.74) is 0. The summed E-state index contributed by atoms with van der Waals surface area (Å²) in [6.45, 7) is 9.91. The molecule has 18 heavy (non-hydrogen) atoms. The molecule has 0 aromatic heterocycles. The Hall–Kier alpha value is -0.120. The molecule has 104 valence electrons. The maximum atomic E-state index is 3.66. The minimum Gasteiger partial charge on any atom is -0.313 e. The minimum absolute atomic E-state index is 0.691. The van der Waals surface area contributed by atoms with Crippen LogP contribution in [0.1, 0.15) is 46.0 Å². The Labute approximate surface area is 112 Å². The molecule has 0 bridgehead atoms. The molecule has 0 amide bonds. The lowest BCUT2D eigenvalue weighted by Gasteiger charge is -2.34. The Kier molecular flexibility index (Phi) is 3.92. The molecule has 1 saturated carbocycles. The summed E-state index contributed by atoms with van der Waals surface area (Å²) >= 11 is 0.